The van der Waals surface area contributed by atoms with Crippen molar-refractivity contribution in [2.24, 2.45) is 11.7 Å². The zero-order valence-corrected chi connectivity index (χ0v) is 10.8. The summed E-state index contributed by atoms with van der Waals surface area (Å²) in [7, 11) is 0. The zero-order valence-electron chi connectivity index (χ0n) is 10.8. The molecule has 0 spiro atoms. The van der Waals surface area contributed by atoms with E-state index in [1.165, 1.54) is 0 Å². The molecule has 3 N–H and O–H groups in total. The van der Waals surface area contributed by atoms with Crippen molar-refractivity contribution in [3.05, 3.63) is 0 Å². The van der Waals surface area contributed by atoms with Crippen LogP contribution >= 0.6 is 0 Å². The number of hydrogen-bond donors (Lipinski definition) is 2. The first-order valence-corrected chi connectivity index (χ1v) is 6.35. The number of alkyl halides is 3. The summed E-state index contributed by atoms with van der Waals surface area (Å²) < 4.78 is 38.4. The Morgan fingerprint density at radius 1 is 1.56 bits per heavy atom. The van der Waals surface area contributed by atoms with Gasteiger partial charge in [-0.05, 0) is 32.6 Å². The maximum absolute atomic E-state index is 12.8. The zero-order chi connectivity index (χ0) is 14.0. The molecule has 3 unspecified atom stereocenters. The molecule has 18 heavy (non-hydrogen) atoms. The predicted octanol–water partition coefficient (Wildman–Crippen LogP) is 2.35. The lowest BCUT2D eigenvalue weighted by Gasteiger charge is -2.41. The maximum atomic E-state index is 12.8. The van der Waals surface area contributed by atoms with E-state index in [9.17, 15) is 18.0 Å². The summed E-state index contributed by atoms with van der Waals surface area (Å²) in [6.07, 6.45) is -2.91. The van der Waals surface area contributed by atoms with Gasteiger partial charge in [-0.25, -0.2) is 0 Å². The summed E-state index contributed by atoms with van der Waals surface area (Å²) >= 11 is 0. The molecule has 1 amide bonds. The van der Waals surface area contributed by atoms with E-state index in [0.29, 0.717) is 12.8 Å². The van der Waals surface area contributed by atoms with Gasteiger partial charge in [-0.2, -0.15) is 13.2 Å². The molecule has 0 aromatic heterocycles. The van der Waals surface area contributed by atoms with Gasteiger partial charge in [0.05, 0.1) is 11.5 Å². The highest BCUT2D eigenvalue weighted by molar-refractivity contribution is 5.84. The molecule has 0 bridgehead atoms. The largest absolute Gasteiger partial charge is 0.391 e. The van der Waals surface area contributed by atoms with Crippen molar-refractivity contribution in [3.63, 3.8) is 0 Å². The Balaban J connectivity index is 2.87. The Hall–Kier alpha value is -0.780. The van der Waals surface area contributed by atoms with E-state index in [1.807, 2.05) is 13.8 Å². The Labute approximate surface area is 105 Å². The van der Waals surface area contributed by atoms with Crippen LogP contribution in [0.3, 0.4) is 0 Å². The minimum Gasteiger partial charge on any atom is -0.368 e. The van der Waals surface area contributed by atoms with E-state index in [-0.39, 0.29) is 18.9 Å². The lowest BCUT2D eigenvalue weighted by atomic mass is 9.74. The molecule has 6 heteroatoms. The molecule has 0 heterocycles. The Bertz CT molecular complexity index is 306. The van der Waals surface area contributed by atoms with Crippen LogP contribution in [0, 0.1) is 5.92 Å². The first kappa shape index (κ1) is 15.3. The quantitative estimate of drug-likeness (QED) is 0.820. The summed E-state index contributed by atoms with van der Waals surface area (Å²) in [5.74, 6) is -2.10. The smallest absolute Gasteiger partial charge is 0.368 e. The minimum absolute atomic E-state index is 0.0236. The molecular weight excluding hydrogens is 245 g/mol. The van der Waals surface area contributed by atoms with Gasteiger partial charge in [-0.1, -0.05) is 13.3 Å². The van der Waals surface area contributed by atoms with E-state index in [4.69, 9.17) is 5.73 Å². The molecule has 3 atom stereocenters. The number of rotatable bonds is 4. The standard InChI is InChI=1S/C12H21F3N2O/c1-3-8(2)17-11(10(16)18)6-4-5-9(7-11)12(13,14)15/h8-9,17H,3-7H2,1-2H3,(H2,16,18). The van der Waals surface area contributed by atoms with Crippen LogP contribution in [0.15, 0.2) is 0 Å². The Kier molecular flexibility index (Phi) is 4.64. The van der Waals surface area contributed by atoms with E-state index in [0.717, 1.165) is 6.42 Å². The van der Waals surface area contributed by atoms with Crippen molar-refractivity contribution in [1.82, 2.24) is 5.32 Å². The highest BCUT2D eigenvalue weighted by Gasteiger charge is 2.50. The molecule has 0 aromatic rings. The second-order valence-electron chi connectivity index (χ2n) is 5.23. The van der Waals surface area contributed by atoms with E-state index in [2.05, 4.69) is 5.32 Å². The van der Waals surface area contributed by atoms with Gasteiger partial charge >= 0.3 is 6.18 Å². The van der Waals surface area contributed by atoms with Crippen molar-refractivity contribution >= 4 is 5.91 Å². The van der Waals surface area contributed by atoms with Crippen LogP contribution in [-0.2, 0) is 4.79 Å². The molecule has 0 radical (unpaired) electrons. The number of hydrogen-bond acceptors (Lipinski definition) is 2. The van der Waals surface area contributed by atoms with Gasteiger partial charge < -0.3 is 11.1 Å². The fraction of sp³-hybridized carbons (Fsp3) is 0.917. The summed E-state index contributed by atoms with van der Waals surface area (Å²) in [5, 5.41) is 3.01. The number of primary amides is 1. The lowest BCUT2D eigenvalue weighted by molar-refractivity contribution is -0.189. The molecule has 106 valence electrons. The number of nitrogens with one attached hydrogen (secondary N) is 1. The Morgan fingerprint density at radius 3 is 2.61 bits per heavy atom. The van der Waals surface area contributed by atoms with Gasteiger partial charge in [-0.3, -0.25) is 4.79 Å². The first-order chi connectivity index (χ1) is 8.21. The molecular formula is C12H21F3N2O. The number of halogens is 3. The fourth-order valence-corrected chi connectivity index (χ4v) is 2.55. The maximum Gasteiger partial charge on any atom is 0.391 e. The normalized spacial score (nSPS) is 31.1. The van der Waals surface area contributed by atoms with Gasteiger partial charge in [0.15, 0.2) is 0 Å². The lowest BCUT2D eigenvalue weighted by Crippen LogP contribution is -2.61. The highest BCUT2D eigenvalue weighted by Crippen LogP contribution is 2.41. The number of amides is 1. The predicted molar refractivity (Wildman–Crippen MR) is 62.8 cm³/mol. The number of carbonyl (C=O) groups is 1. The first-order valence-electron chi connectivity index (χ1n) is 6.35. The molecule has 3 nitrogen and oxygen atoms in total. The van der Waals surface area contributed by atoms with Crippen molar-refractivity contribution in [1.29, 1.82) is 0 Å². The van der Waals surface area contributed by atoms with Gasteiger partial charge in [0.1, 0.15) is 0 Å². The molecule has 1 aliphatic rings. The third-order valence-electron chi connectivity index (χ3n) is 3.82. The van der Waals surface area contributed by atoms with Gasteiger partial charge in [0.25, 0.3) is 0 Å². The van der Waals surface area contributed by atoms with Crippen molar-refractivity contribution in [2.45, 2.75) is 63.7 Å². The van der Waals surface area contributed by atoms with Crippen molar-refractivity contribution < 1.29 is 18.0 Å². The molecule has 1 aliphatic carbocycles. The average Bonchev–Trinajstić information content (AvgIpc) is 2.27. The fourth-order valence-electron chi connectivity index (χ4n) is 2.55. The van der Waals surface area contributed by atoms with Crippen LogP contribution in [0.5, 0.6) is 0 Å². The summed E-state index contributed by atoms with van der Waals surface area (Å²) in [6.45, 7) is 3.76. The van der Waals surface area contributed by atoms with E-state index >= 15 is 0 Å². The molecule has 0 saturated heterocycles. The summed E-state index contributed by atoms with van der Waals surface area (Å²) in [6, 6.07) is -0.0236. The minimum atomic E-state index is -4.25. The monoisotopic (exact) mass is 266 g/mol. The number of carbonyl (C=O) groups excluding carboxylic acids is 1. The van der Waals surface area contributed by atoms with Crippen LogP contribution in [0.25, 0.3) is 0 Å². The SMILES string of the molecule is CCC(C)NC1(C(N)=O)CCCC(C(F)(F)F)C1. The molecule has 1 rings (SSSR count). The van der Waals surface area contributed by atoms with Crippen LogP contribution in [0.1, 0.15) is 46.0 Å². The molecule has 0 aliphatic heterocycles. The number of nitrogens with two attached hydrogens (primary N) is 1. The highest BCUT2D eigenvalue weighted by atomic mass is 19.4. The van der Waals surface area contributed by atoms with Gasteiger partial charge in [0, 0.05) is 6.04 Å². The second kappa shape index (κ2) is 5.47. The van der Waals surface area contributed by atoms with E-state index < -0.39 is 23.5 Å². The average molecular weight is 266 g/mol. The molecule has 1 fully saturated rings. The summed E-state index contributed by atoms with van der Waals surface area (Å²) in [4.78, 5) is 11.6. The molecule has 0 aromatic carbocycles. The molecule has 1 saturated carbocycles. The van der Waals surface area contributed by atoms with Crippen LogP contribution in [0.4, 0.5) is 13.2 Å². The second-order valence-corrected chi connectivity index (χ2v) is 5.23. The third-order valence-corrected chi connectivity index (χ3v) is 3.82. The van der Waals surface area contributed by atoms with Crippen molar-refractivity contribution in [3.8, 4) is 0 Å². The van der Waals surface area contributed by atoms with Gasteiger partial charge in [0.2, 0.25) is 5.91 Å². The van der Waals surface area contributed by atoms with Crippen molar-refractivity contribution in [2.75, 3.05) is 0 Å². The topological polar surface area (TPSA) is 55.1 Å². The van der Waals surface area contributed by atoms with Gasteiger partial charge in [-0.15, -0.1) is 0 Å². The van der Waals surface area contributed by atoms with Crippen LogP contribution in [0.2, 0.25) is 0 Å². The van der Waals surface area contributed by atoms with E-state index in [1.54, 1.807) is 0 Å². The third kappa shape index (κ3) is 3.37. The van der Waals surface area contributed by atoms with Crippen LogP contribution < -0.4 is 11.1 Å². The summed E-state index contributed by atoms with van der Waals surface area (Å²) in [5.41, 5.74) is 4.14. The van der Waals surface area contributed by atoms with Crippen LogP contribution in [-0.4, -0.2) is 23.7 Å². The Morgan fingerprint density at radius 2 is 2.17 bits per heavy atom.